The molecule has 0 fully saturated rings. The smallest absolute Gasteiger partial charge is 0.358 e. The lowest BCUT2D eigenvalue weighted by atomic mass is 10.1. The maximum absolute atomic E-state index is 11.6. The van der Waals surface area contributed by atoms with Crippen LogP contribution in [0.2, 0.25) is 0 Å². The van der Waals surface area contributed by atoms with Gasteiger partial charge in [-0.25, -0.2) is 4.57 Å². The van der Waals surface area contributed by atoms with Gasteiger partial charge in [-0.3, -0.25) is 50.6 Å². The zero-order chi connectivity index (χ0) is 23.1. The molecule has 1 heterocycles. The van der Waals surface area contributed by atoms with Crippen molar-refractivity contribution < 1.29 is 29.5 Å². The second-order valence-corrected chi connectivity index (χ2v) is 5.48. The minimum atomic E-state index is -2.00. The molecule has 1 aromatic heterocycles. The van der Waals surface area contributed by atoms with Crippen LogP contribution in [0, 0.1) is 60.7 Å². The highest BCUT2D eigenvalue weighted by atomic mass is 16.7. The van der Waals surface area contributed by atoms with Gasteiger partial charge in [-0.2, -0.15) is 0 Å². The van der Waals surface area contributed by atoms with Gasteiger partial charge in [0.05, 0.1) is 31.2 Å². The maximum Gasteiger partial charge on any atom is 0.434 e. The van der Waals surface area contributed by atoms with Crippen LogP contribution in [-0.4, -0.2) is 34.1 Å². The van der Waals surface area contributed by atoms with Gasteiger partial charge in [-0.1, -0.05) is 6.92 Å². The zero-order valence-electron chi connectivity index (χ0n) is 14.4. The van der Waals surface area contributed by atoms with E-state index < -0.39 is 81.2 Å². The van der Waals surface area contributed by atoms with Crippen molar-refractivity contribution in [3.63, 3.8) is 0 Å². The van der Waals surface area contributed by atoms with Gasteiger partial charge < -0.3 is 10.1 Å². The van der Waals surface area contributed by atoms with Gasteiger partial charge in [0, 0.05) is 0 Å². The molecule has 19 heteroatoms. The molecule has 0 saturated heterocycles. The average molecular weight is 429 g/mol. The van der Waals surface area contributed by atoms with Gasteiger partial charge in [0.2, 0.25) is 10.9 Å². The second kappa shape index (κ2) is 7.29. The summed E-state index contributed by atoms with van der Waals surface area (Å²) in [6, 6.07) is 0. The van der Waals surface area contributed by atoms with E-state index in [2.05, 4.69) is 0 Å². The Morgan fingerprint density at radius 3 is 1.33 bits per heavy atom. The van der Waals surface area contributed by atoms with Crippen LogP contribution in [0.5, 0.6) is 0 Å². The Kier molecular flexibility index (Phi) is 5.22. The summed E-state index contributed by atoms with van der Waals surface area (Å²) in [6.45, 7) is 0.842. The van der Waals surface area contributed by atoms with Crippen molar-refractivity contribution >= 4 is 45.2 Å². The van der Waals surface area contributed by atoms with Crippen LogP contribution in [0.1, 0.15) is 13.3 Å². The number of fused-ring (bicyclic) bond motifs is 1. The third kappa shape index (κ3) is 2.94. The molecular weight excluding hydrogens is 422 g/mol. The first kappa shape index (κ1) is 21.5. The molecule has 30 heavy (non-hydrogen) atoms. The van der Waals surface area contributed by atoms with Crippen LogP contribution in [0.25, 0.3) is 10.9 Å². The molecule has 1 aromatic carbocycles. The highest BCUT2D eigenvalue weighted by molar-refractivity contribution is 6.12. The van der Waals surface area contributed by atoms with E-state index in [-0.39, 0.29) is 6.42 Å². The topological polar surface area (TPSA) is 264 Å². The Bertz CT molecular complexity index is 1180. The lowest BCUT2D eigenvalue weighted by Gasteiger charge is -2.02. The molecule has 0 atom stereocenters. The Balaban J connectivity index is 3.56. The Hall–Kier alpha value is -4.84. The van der Waals surface area contributed by atoms with Crippen molar-refractivity contribution in [3.05, 3.63) is 60.7 Å². The number of nitro benzene ring substituents is 4. The number of nitrogens with zero attached hydrogens (tertiary/aromatic N) is 7. The molecule has 0 aliphatic carbocycles. The van der Waals surface area contributed by atoms with Crippen molar-refractivity contribution in [3.8, 4) is 0 Å². The van der Waals surface area contributed by atoms with E-state index in [0.29, 0.717) is 4.57 Å². The van der Waals surface area contributed by atoms with Crippen LogP contribution in [-0.2, 0) is 6.54 Å². The van der Waals surface area contributed by atoms with E-state index in [1.165, 1.54) is 6.92 Å². The predicted molar refractivity (Wildman–Crippen MR) is 92.2 cm³/mol. The van der Waals surface area contributed by atoms with Gasteiger partial charge in [-0.15, -0.1) is 0 Å². The molecule has 0 amide bonds. The number of aryl methyl sites for hydroxylation is 1. The van der Waals surface area contributed by atoms with Crippen molar-refractivity contribution in [2.45, 2.75) is 19.9 Å². The number of benzene rings is 1. The monoisotopic (exact) mass is 429 g/mol. The maximum atomic E-state index is 11.6. The van der Waals surface area contributed by atoms with Gasteiger partial charge in [0.15, 0.2) is 0 Å². The minimum absolute atomic E-state index is 0.0441. The summed E-state index contributed by atoms with van der Waals surface area (Å²) in [5, 5.41) is 67.4. The highest BCUT2D eigenvalue weighted by Crippen LogP contribution is 2.55. The third-order valence-electron chi connectivity index (χ3n) is 3.88. The molecule has 0 N–H and O–H groups in total. The largest absolute Gasteiger partial charge is 0.434 e. The number of hydrogen-bond donors (Lipinski definition) is 0. The molecule has 0 bridgehead atoms. The number of rotatable bonds is 8. The van der Waals surface area contributed by atoms with E-state index in [0.717, 1.165) is 0 Å². The predicted octanol–water partition coefficient (Wildman–Crippen LogP) is 2.50. The molecule has 0 aliphatic rings. The SMILES string of the molecule is CCCn1c([N+](=O)[O-])c([N+](=O)[O-])c2c([N+](=O)[O-])c([N+](=O)[O-])c([N+](=O)[O-])c([N+](=O)[O-])c21. The number of aromatic nitrogens is 1. The lowest BCUT2D eigenvalue weighted by molar-refractivity contribution is -0.450. The van der Waals surface area contributed by atoms with Crippen molar-refractivity contribution in [1.82, 2.24) is 4.57 Å². The van der Waals surface area contributed by atoms with Crippen molar-refractivity contribution in [1.29, 1.82) is 0 Å². The molecule has 158 valence electrons. The fourth-order valence-electron chi connectivity index (χ4n) is 3.01. The first-order valence-corrected chi connectivity index (χ1v) is 7.50. The Labute approximate surface area is 161 Å². The molecule has 0 spiro atoms. The van der Waals surface area contributed by atoms with Gasteiger partial charge in [0.25, 0.3) is 0 Å². The van der Waals surface area contributed by atoms with Gasteiger partial charge in [-0.05, 0) is 11.3 Å². The van der Waals surface area contributed by atoms with E-state index in [4.69, 9.17) is 0 Å². The third-order valence-corrected chi connectivity index (χ3v) is 3.88. The van der Waals surface area contributed by atoms with Crippen molar-refractivity contribution in [2.24, 2.45) is 0 Å². The quantitative estimate of drug-likeness (QED) is 0.432. The van der Waals surface area contributed by atoms with E-state index in [1.54, 1.807) is 0 Å². The molecule has 19 nitrogen and oxygen atoms in total. The fraction of sp³-hybridized carbons (Fsp3) is 0.273. The first-order chi connectivity index (χ1) is 13.9. The summed E-state index contributed by atoms with van der Waals surface area (Å²) in [5.41, 5.74) is -10.3. The molecule has 0 radical (unpaired) electrons. The molecule has 2 rings (SSSR count). The fourth-order valence-corrected chi connectivity index (χ4v) is 3.01. The van der Waals surface area contributed by atoms with Crippen LogP contribution in [0.4, 0.5) is 34.3 Å². The average Bonchev–Trinajstić information content (AvgIpc) is 2.94. The summed E-state index contributed by atoms with van der Waals surface area (Å²) >= 11 is 0. The van der Waals surface area contributed by atoms with Gasteiger partial charge in [0.1, 0.15) is 0 Å². The van der Waals surface area contributed by atoms with Crippen LogP contribution in [0.15, 0.2) is 0 Å². The summed E-state index contributed by atoms with van der Waals surface area (Å²) < 4.78 is 0.329. The van der Waals surface area contributed by atoms with Crippen molar-refractivity contribution in [2.75, 3.05) is 0 Å². The normalized spacial score (nSPS) is 10.7. The Morgan fingerprint density at radius 1 is 0.600 bits per heavy atom. The summed E-state index contributed by atoms with van der Waals surface area (Å²) in [7, 11) is 0. The molecule has 0 saturated carbocycles. The molecular formula is C11H7N7O12. The van der Waals surface area contributed by atoms with Gasteiger partial charge >= 0.3 is 34.3 Å². The summed E-state index contributed by atoms with van der Waals surface area (Å²) in [5.74, 6) is -1.45. The minimum Gasteiger partial charge on any atom is -0.358 e. The van der Waals surface area contributed by atoms with Crippen LogP contribution < -0.4 is 0 Å². The lowest BCUT2D eigenvalue weighted by Crippen LogP contribution is -2.08. The van der Waals surface area contributed by atoms with Crippen LogP contribution in [0.3, 0.4) is 0 Å². The standard InChI is InChI=1S/C11H7N7O12/c1-2-3-12-5-4(7(14(21)22)11(12)18(29)30)6(13(19)20)9(16(25)26)10(17(27)28)8(5)15(23)24/h2-3H2,1H3. The highest BCUT2D eigenvalue weighted by Gasteiger charge is 2.55. The summed E-state index contributed by atoms with van der Waals surface area (Å²) in [4.78, 5) is 59.6. The zero-order valence-corrected chi connectivity index (χ0v) is 14.4. The number of nitro groups is 6. The molecule has 0 unspecified atom stereocenters. The first-order valence-electron chi connectivity index (χ1n) is 7.50. The molecule has 0 aliphatic heterocycles. The molecule has 2 aromatic rings. The van der Waals surface area contributed by atoms with E-state index >= 15 is 0 Å². The summed E-state index contributed by atoms with van der Waals surface area (Å²) in [6.07, 6.45) is -0.0441. The van der Waals surface area contributed by atoms with Crippen LogP contribution >= 0.6 is 0 Å². The van der Waals surface area contributed by atoms with E-state index in [9.17, 15) is 60.7 Å². The van der Waals surface area contributed by atoms with E-state index in [1.807, 2.05) is 0 Å². The second-order valence-electron chi connectivity index (χ2n) is 5.48. The number of hydrogen-bond acceptors (Lipinski definition) is 12. The Morgan fingerprint density at radius 2 is 1.00 bits per heavy atom.